The lowest BCUT2D eigenvalue weighted by molar-refractivity contribution is 0.940. The zero-order chi connectivity index (χ0) is 6.69. The molecule has 0 unspecified atom stereocenters. The standard InChI is InChI=1S/C5H6N2OS.H2/c1-9-5-6-3-2-4(8)7-5;/h2-3H,1H3,(H,6,7,8);1H. The topological polar surface area (TPSA) is 45.8 Å². The van der Waals surface area contributed by atoms with E-state index in [0.29, 0.717) is 5.16 Å². The first kappa shape index (κ1) is 6.35. The minimum atomic E-state index is -0.102. The van der Waals surface area contributed by atoms with Gasteiger partial charge in [-0.25, -0.2) is 4.98 Å². The molecule has 0 fully saturated rings. The van der Waals surface area contributed by atoms with Gasteiger partial charge in [0, 0.05) is 13.7 Å². The fourth-order valence-corrected chi connectivity index (χ4v) is 0.825. The van der Waals surface area contributed by atoms with E-state index in [1.807, 2.05) is 6.26 Å². The van der Waals surface area contributed by atoms with E-state index in [4.69, 9.17) is 0 Å². The van der Waals surface area contributed by atoms with Crippen molar-refractivity contribution in [1.29, 1.82) is 0 Å². The fraction of sp³-hybridized carbons (Fsp3) is 0.200. The smallest absolute Gasteiger partial charge is 0.251 e. The molecule has 50 valence electrons. The van der Waals surface area contributed by atoms with Gasteiger partial charge in [-0.15, -0.1) is 0 Å². The Labute approximate surface area is 58.0 Å². The number of aromatic nitrogens is 2. The van der Waals surface area contributed by atoms with E-state index in [1.54, 1.807) is 0 Å². The van der Waals surface area contributed by atoms with Crippen LogP contribution in [0.5, 0.6) is 0 Å². The van der Waals surface area contributed by atoms with Gasteiger partial charge in [0.05, 0.1) is 0 Å². The van der Waals surface area contributed by atoms with Crippen LogP contribution in [0.4, 0.5) is 0 Å². The van der Waals surface area contributed by atoms with Crippen LogP contribution in [0.15, 0.2) is 22.2 Å². The second-order valence-corrected chi connectivity index (χ2v) is 2.24. The Morgan fingerprint density at radius 1 is 1.89 bits per heavy atom. The summed E-state index contributed by atoms with van der Waals surface area (Å²) in [4.78, 5) is 17.0. The van der Waals surface area contributed by atoms with Crippen molar-refractivity contribution in [3.05, 3.63) is 22.6 Å². The van der Waals surface area contributed by atoms with Gasteiger partial charge in [-0.3, -0.25) is 4.79 Å². The minimum absolute atomic E-state index is 0. The summed E-state index contributed by atoms with van der Waals surface area (Å²) in [6.07, 6.45) is 3.35. The van der Waals surface area contributed by atoms with E-state index >= 15 is 0 Å². The van der Waals surface area contributed by atoms with Crippen LogP contribution in [-0.2, 0) is 0 Å². The Hall–Kier alpha value is -0.770. The van der Waals surface area contributed by atoms with Crippen molar-refractivity contribution in [2.24, 2.45) is 0 Å². The molecule has 0 aliphatic carbocycles. The van der Waals surface area contributed by atoms with Crippen molar-refractivity contribution >= 4 is 11.8 Å². The van der Waals surface area contributed by atoms with Gasteiger partial charge in [0.2, 0.25) is 0 Å². The molecule has 0 saturated carbocycles. The molecule has 1 heterocycles. The van der Waals surface area contributed by atoms with Crippen molar-refractivity contribution in [3.63, 3.8) is 0 Å². The van der Waals surface area contributed by atoms with Crippen LogP contribution in [0.1, 0.15) is 1.43 Å². The maximum Gasteiger partial charge on any atom is 0.251 e. The minimum Gasteiger partial charge on any atom is -0.301 e. The number of thioether (sulfide) groups is 1. The maximum atomic E-state index is 10.5. The SMILES string of the molecule is CSc1nccc(=O)[nH]1.[HH]. The second kappa shape index (κ2) is 2.68. The Morgan fingerprint density at radius 2 is 2.67 bits per heavy atom. The number of hydrogen-bond acceptors (Lipinski definition) is 3. The van der Waals surface area contributed by atoms with E-state index in [9.17, 15) is 4.79 Å². The third-order valence-corrected chi connectivity index (χ3v) is 1.44. The van der Waals surface area contributed by atoms with Gasteiger partial charge in [0.1, 0.15) is 0 Å². The number of nitrogens with one attached hydrogen (secondary N) is 1. The molecule has 4 heteroatoms. The van der Waals surface area contributed by atoms with Crippen molar-refractivity contribution < 1.29 is 1.43 Å². The molecule has 0 aliphatic heterocycles. The van der Waals surface area contributed by atoms with Gasteiger partial charge in [0.25, 0.3) is 5.56 Å². The van der Waals surface area contributed by atoms with Crippen LogP contribution in [0.2, 0.25) is 0 Å². The summed E-state index contributed by atoms with van der Waals surface area (Å²) in [7, 11) is 0. The molecule has 1 rings (SSSR count). The van der Waals surface area contributed by atoms with Gasteiger partial charge < -0.3 is 4.98 Å². The highest BCUT2D eigenvalue weighted by atomic mass is 32.2. The molecule has 0 amide bonds. The van der Waals surface area contributed by atoms with Crippen molar-refractivity contribution in [2.75, 3.05) is 6.26 Å². The molecule has 1 aromatic heterocycles. The van der Waals surface area contributed by atoms with Crippen molar-refractivity contribution in [1.82, 2.24) is 9.97 Å². The normalized spacial score (nSPS) is 9.44. The monoisotopic (exact) mass is 144 g/mol. The summed E-state index contributed by atoms with van der Waals surface area (Å²) in [5, 5.41) is 0.655. The lowest BCUT2D eigenvalue weighted by Crippen LogP contribution is -2.04. The van der Waals surface area contributed by atoms with Crippen LogP contribution in [0.3, 0.4) is 0 Å². The molecule has 0 aromatic carbocycles. The van der Waals surface area contributed by atoms with Crippen LogP contribution in [0, 0.1) is 0 Å². The zero-order valence-corrected chi connectivity index (χ0v) is 5.73. The fourth-order valence-electron chi connectivity index (χ4n) is 0.456. The zero-order valence-electron chi connectivity index (χ0n) is 4.92. The summed E-state index contributed by atoms with van der Waals surface area (Å²) < 4.78 is 0. The number of rotatable bonds is 1. The Balaban J connectivity index is 0.000000810. The molecule has 9 heavy (non-hydrogen) atoms. The largest absolute Gasteiger partial charge is 0.301 e. The van der Waals surface area contributed by atoms with E-state index in [-0.39, 0.29) is 6.99 Å². The summed E-state index contributed by atoms with van der Waals surface area (Å²) in [6, 6.07) is 1.39. The Morgan fingerprint density at radius 3 is 3.11 bits per heavy atom. The Bertz CT molecular complexity index is 249. The third-order valence-electron chi connectivity index (χ3n) is 0.841. The van der Waals surface area contributed by atoms with Gasteiger partial charge in [0.15, 0.2) is 5.16 Å². The van der Waals surface area contributed by atoms with Crippen LogP contribution >= 0.6 is 11.8 Å². The third kappa shape index (κ3) is 1.57. The predicted octanol–water partition coefficient (Wildman–Crippen LogP) is 0.738. The maximum absolute atomic E-state index is 10.5. The lowest BCUT2D eigenvalue weighted by Gasteiger charge is -1.89. The van der Waals surface area contributed by atoms with Gasteiger partial charge in [-0.2, -0.15) is 0 Å². The van der Waals surface area contributed by atoms with Crippen LogP contribution in [0.25, 0.3) is 0 Å². The van der Waals surface area contributed by atoms with E-state index in [0.717, 1.165) is 0 Å². The predicted molar refractivity (Wildman–Crippen MR) is 38.8 cm³/mol. The summed E-state index contributed by atoms with van der Waals surface area (Å²) in [5.41, 5.74) is -0.102. The van der Waals surface area contributed by atoms with E-state index < -0.39 is 0 Å². The molecule has 1 N–H and O–H groups in total. The molecule has 0 radical (unpaired) electrons. The Kier molecular flexibility index (Phi) is 1.89. The van der Waals surface area contributed by atoms with E-state index in [2.05, 4.69) is 9.97 Å². The molecule has 3 nitrogen and oxygen atoms in total. The highest BCUT2D eigenvalue weighted by Gasteiger charge is 1.87. The highest BCUT2D eigenvalue weighted by Crippen LogP contribution is 2.01. The average Bonchev–Trinajstić information content (AvgIpc) is 1.88. The highest BCUT2D eigenvalue weighted by molar-refractivity contribution is 7.98. The van der Waals surface area contributed by atoms with E-state index in [1.165, 1.54) is 24.0 Å². The molecule has 0 spiro atoms. The first-order chi connectivity index (χ1) is 4.33. The quantitative estimate of drug-likeness (QED) is 0.467. The number of nitrogens with zero attached hydrogens (tertiary/aromatic N) is 1. The first-order valence-electron chi connectivity index (χ1n) is 2.42. The molecule has 0 aliphatic rings. The summed E-state index contributed by atoms with van der Waals surface area (Å²) in [6.45, 7) is 0. The molecule has 1 aromatic rings. The first-order valence-corrected chi connectivity index (χ1v) is 3.65. The molecule has 0 saturated heterocycles. The molecule has 0 atom stereocenters. The summed E-state index contributed by atoms with van der Waals surface area (Å²) in [5.74, 6) is 0. The van der Waals surface area contributed by atoms with Crippen molar-refractivity contribution in [3.8, 4) is 0 Å². The number of aromatic amines is 1. The van der Waals surface area contributed by atoms with Crippen LogP contribution in [-0.4, -0.2) is 16.2 Å². The van der Waals surface area contributed by atoms with Gasteiger partial charge >= 0.3 is 0 Å². The van der Waals surface area contributed by atoms with Crippen molar-refractivity contribution in [2.45, 2.75) is 5.16 Å². The van der Waals surface area contributed by atoms with Crippen LogP contribution < -0.4 is 5.56 Å². The lowest BCUT2D eigenvalue weighted by atomic mass is 10.7. The summed E-state index contributed by atoms with van der Waals surface area (Å²) >= 11 is 1.42. The molecular weight excluding hydrogens is 136 g/mol. The number of H-pyrrole nitrogens is 1. The molecule has 0 bridgehead atoms. The van der Waals surface area contributed by atoms with Gasteiger partial charge in [-0.05, 0) is 6.26 Å². The average molecular weight is 144 g/mol. The van der Waals surface area contributed by atoms with Gasteiger partial charge in [-0.1, -0.05) is 11.8 Å². The second-order valence-electron chi connectivity index (χ2n) is 1.44. The number of hydrogen-bond donors (Lipinski definition) is 1. The molecular formula is C5H8N2OS.